The van der Waals surface area contributed by atoms with E-state index in [0.717, 1.165) is 38.5 Å². The molecule has 1 amide bonds. The molecule has 2 heterocycles. The number of carbonyl (C=O) groups is 1. The highest BCUT2D eigenvalue weighted by Gasteiger charge is 2.18. The molecule has 3 rings (SSSR count). The van der Waals surface area contributed by atoms with E-state index in [2.05, 4.69) is 21.4 Å². The Hall–Kier alpha value is -1.89. The molecule has 0 saturated carbocycles. The lowest BCUT2D eigenvalue weighted by Crippen LogP contribution is -2.35. The fourth-order valence-electron chi connectivity index (χ4n) is 2.79. The lowest BCUT2D eigenvalue weighted by Gasteiger charge is -2.26. The Labute approximate surface area is 152 Å². The topological polar surface area (TPSA) is 59.4 Å². The summed E-state index contributed by atoms with van der Waals surface area (Å²) >= 11 is 6.02. The Kier molecular flexibility index (Phi) is 5.73. The highest BCUT2D eigenvalue weighted by molar-refractivity contribution is 6.31. The van der Waals surface area contributed by atoms with E-state index in [9.17, 15) is 4.79 Å². The van der Waals surface area contributed by atoms with Crippen LogP contribution in [0.5, 0.6) is 0 Å². The molecule has 25 heavy (non-hydrogen) atoms. The van der Waals surface area contributed by atoms with Gasteiger partial charge in [-0.15, -0.1) is 0 Å². The van der Waals surface area contributed by atoms with Gasteiger partial charge in [0.15, 0.2) is 0 Å². The molecule has 1 unspecified atom stereocenters. The van der Waals surface area contributed by atoms with Crippen molar-refractivity contribution in [2.24, 2.45) is 0 Å². The number of aryl methyl sites for hydroxylation is 1. The van der Waals surface area contributed by atoms with Crippen molar-refractivity contribution in [1.29, 1.82) is 0 Å². The molecule has 1 fully saturated rings. The molecular weight excluding hydrogens is 340 g/mol. The third-order valence-electron chi connectivity index (χ3n) is 4.34. The maximum atomic E-state index is 12.5. The third kappa shape index (κ3) is 4.60. The minimum Gasteiger partial charge on any atom is -0.379 e. The Morgan fingerprint density at radius 1 is 1.40 bits per heavy atom. The number of anilines is 1. The summed E-state index contributed by atoms with van der Waals surface area (Å²) in [5.74, 6) is -0.123. The second-order valence-electron chi connectivity index (χ2n) is 6.30. The molecule has 1 aromatic carbocycles. The van der Waals surface area contributed by atoms with Gasteiger partial charge in [0.25, 0.3) is 0 Å². The number of rotatable bonds is 5. The number of amides is 1. The predicted molar refractivity (Wildman–Crippen MR) is 97.9 cm³/mol. The first-order valence-electron chi connectivity index (χ1n) is 8.44. The average molecular weight is 363 g/mol. The van der Waals surface area contributed by atoms with Crippen molar-refractivity contribution in [1.82, 2.24) is 14.7 Å². The molecular formula is C18H23ClN4O2. The number of ether oxygens (including phenoxy) is 1. The summed E-state index contributed by atoms with van der Waals surface area (Å²) in [5.41, 5.74) is 2.68. The van der Waals surface area contributed by atoms with E-state index in [-0.39, 0.29) is 5.91 Å². The maximum Gasteiger partial charge on any atom is 0.248 e. The molecule has 1 atom stereocenters. The van der Waals surface area contributed by atoms with Crippen LogP contribution in [-0.4, -0.2) is 46.9 Å². The van der Waals surface area contributed by atoms with Crippen LogP contribution in [0.3, 0.4) is 0 Å². The Balaban J connectivity index is 1.63. The highest BCUT2D eigenvalue weighted by Crippen LogP contribution is 2.18. The predicted octanol–water partition coefficient (Wildman–Crippen LogP) is 2.88. The summed E-state index contributed by atoms with van der Waals surface area (Å²) in [6, 6.07) is 7.51. The molecule has 1 saturated heterocycles. The molecule has 0 bridgehead atoms. The van der Waals surface area contributed by atoms with Crippen LogP contribution in [0.2, 0.25) is 5.02 Å². The van der Waals surface area contributed by atoms with Gasteiger partial charge in [-0.2, -0.15) is 5.10 Å². The molecule has 134 valence electrons. The molecule has 1 N–H and O–H groups in total. The summed E-state index contributed by atoms with van der Waals surface area (Å²) in [7, 11) is 0. The largest absolute Gasteiger partial charge is 0.379 e. The Morgan fingerprint density at radius 3 is 2.84 bits per heavy atom. The number of morpholine rings is 1. The fraction of sp³-hybridized carbons (Fsp3) is 0.444. The smallest absolute Gasteiger partial charge is 0.248 e. The number of nitrogens with one attached hydrogen (secondary N) is 1. The van der Waals surface area contributed by atoms with Crippen molar-refractivity contribution in [2.75, 3.05) is 31.6 Å². The highest BCUT2D eigenvalue weighted by atomic mass is 35.5. The van der Waals surface area contributed by atoms with Gasteiger partial charge in [0.1, 0.15) is 6.04 Å². The quantitative estimate of drug-likeness (QED) is 0.888. The van der Waals surface area contributed by atoms with Crippen LogP contribution in [0.15, 0.2) is 30.5 Å². The molecule has 0 aliphatic carbocycles. The zero-order valence-corrected chi connectivity index (χ0v) is 15.3. The van der Waals surface area contributed by atoms with Crippen molar-refractivity contribution in [3.8, 4) is 0 Å². The first-order valence-corrected chi connectivity index (χ1v) is 8.82. The lowest BCUT2D eigenvalue weighted by atomic mass is 10.1. The second-order valence-corrected chi connectivity index (χ2v) is 6.70. The van der Waals surface area contributed by atoms with E-state index in [4.69, 9.17) is 16.3 Å². The molecule has 0 radical (unpaired) electrons. The zero-order chi connectivity index (χ0) is 17.8. The number of hydrogen-bond donors (Lipinski definition) is 1. The van der Waals surface area contributed by atoms with E-state index in [1.807, 2.05) is 25.1 Å². The Morgan fingerprint density at radius 2 is 2.16 bits per heavy atom. The first-order chi connectivity index (χ1) is 12.0. The van der Waals surface area contributed by atoms with Crippen molar-refractivity contribution in [2.45, 2.75) is 26.4 Å². The van der Waals surface area contributed by atoms with Crippen LogP contribution in [0, 0.1) is 6.92 Å². The molecule has 6 nitrogen and oxygen atoms in total. The van der Waals surface area contributed by atoms with Gasteiger partial charge in [0.05, 0.1) is 23.9 Å². The second kappa shape index (κ2) is 7.99. The molecule has 1 aromatic heterocycles. The van der Waals surface area contributed by atoms with Crippen LogP contribution in [0.1, 0.15) is 24.2 Å². The number of halogens is 1. The minimum absolute atomic E-state index is 0.123. The number of hydrogen-bond acceptors (Lipinski definition) is 4. The van der Waals surface area contributed by atoms with Gasteiger partial charge in [0.2, 0.25) is 5.91 Å². The molecule has 1 aliphatic heterocycles. The van der Waals surface area contributed by atoms with Crippen LogP contribution in [0.4, 0.5) is 5.69 Å². The molecule has 0 spiro atoms. The maximum absolute atomic E-state index is 12.5. The van der Waals surface area contributed by atoms with Crippen molar-refractivity contribution < 1.29 is 9.53 Å². The summed E-state index contributed by atoms with van der Waals surface area (Å²) in [5, 5.41) is 7.80. The fourth-order valence-corrected chi connectivity index (χ4v) is 2.93. The summed E-state index contributed by atoms with van der Waals surface area (Å²) < 4.78 is 6.96. The van der Waals surface area contributed by atoms with E-state index < -0.39 is 6.04 Å². The molecule has 1 aliphatic rings. The molecule has 2 aromatic rings. The average Bonchev–Trinajstić information content (AvgIpc) is 2.94. The van der Waals surface area contributed by atoms with Gasteiger partial charge in [-0.05, 0) is 31.5 Å². The number of aromatic nitrogens is 2. The minimum atomic E-state index is -0.436. The van der Waals surface area contributed by atoms with Crippen LogP contribution >= 0.6 is 11.6 Å². The Bertz CT molecular complexity index is 721. The van der Waals surface area contributed by atoms with Gasteiger partial charge >= 0.3 is 0 Å². The SMILES string of the molecule is Cc1nn(C(C)C(=O)Nc2cccc(CN3CCOCC3)c2)cc1Cl. The molecule has 7 heteroatoms. The van der Waals surface area contributed by atoms with Crippen LogP contribution < -0.4 is 5.32 Å². The van der Waals surface area contributed by atoms with Crippen molar-refractivity contribution >= 4 is 23.2 Å². The van der Waals surface area contributed by atoms with Gasteiger partial charge < -0.3 is 10.1 Å². The normalized spacial score (nSPS) is 16.6. The van der Waals surface area contributed by atoms with Crippen LogP contribution in [-0.2, 0) is 16.1 Å². The zero-order valence-electron chi connectivity index (χ0n) is 14.5. The van der Waals surface area contributed by atoms with Crippen molar-refractivity contribution in [3.05, 3.63) is 46.7 Å². The van der Waals surface area contributed by atoms with E-state index in [1.54, 1.807) is 17.8 Å². The monoisotopic (exact) mass is 362 g/mol. The number of carbonyl (C=O) groups excluding carboxylic acids is 1. The standard InChI is InChI=1S/C18H23ClN4O2/c1-13-17(19)12-23(21-13)14(2)18(24)20-16-5-3-4-15(10-16)11-22-6-8-25-9-7-22/h3-5,10,12,14H,6-9,11H2,1-2H3,(H,20,24). The van der Waals surface area contributed by atoms with E-state index in [0.29, 0.717) is 10.7 Å². The summed E-state index contributed by atoms with van der Waals surface area (Å²) in [6.45, 7) is 7.91. The lowest BCUT2D eigenvalue weighted by molar-refractivity contribution is -0.119. The van der Waals surface area contributed by atoms with Gasteiger partial charge in [-0.1, -0.05) is 23.7 Å². The first kappa shape index (κ1) is 17.9. The summed E-state index contributed by atoms with van der Waals surface area (Å²) in [6.07, 6.45) is 1.68. The van der Waals surface area contributed by atoms with Gasteiger partial charge in [-0.25, -0.2) is 0 Å². The number of nitrogens with zero attached hydrogens (tertiary/aromatic N) is 3. The van der Waals surface area contributed by atoms with Crippen LogP contribution in [0.25, 0.3) is 0 Å². The van der Waals surface area contributed by atoms with E-state index in [1.165, 1.54) is 5.56 Å². The van der Waals surface area contributed by atoms with E-state index >= 15 is 0 Å². The number of benzene rings is 1. The van der Waals surface area contributed by atoms with Crippen molar-refractivity contribution in [3.63, 3.8) is 0 Å². The summed E-state index contributed by atoms with van der Waals surface area (Å²) in [4.78, 5) is 14.8. The van der Waals surface area contributed by atoms with Gasteiger partial charge in [-0.3, -0.25) is 14.4 Å². The van der Waals surface area contributed by atoms with Gasteiger partial charge in [0, 0.05) is 31.5 Å². The third-order valence-corrected chi connectivity index (χ3v) is 4.71.